The summed E-state index contributed by atoms with van der Waals surface area (Å²) in [5, 5.41) is 5.87. The van der Waals surface area contributed by atoms with Crippen molar-refractivity contribution in [3.05, 3.63) is 44.0 Å². The fourth-order valence-corrected chi connectivity index (χ4v) is 3.01. The molecule has 0 fully saturated rings. The molecule has 1 aromatic heterocycles. The minimum Gasteiger partial charge on any atom is -0.326 e. The zero-order valence-corrected chi connectivity index (χ0v) is 14.2. The van der Waals surface area contributed by atoms with Gasteiger partial charge in [-0.2, -0.15) is 0 Å². The lowest BCUT2D eigenvalue weighted by Gasteiger charge is -2.09. The van der Waals surface area contributed by atoms with E-state index in [2.05, 4.69) is 26.6 Å². The van der Waals surface area contributed by atoms with Crippen molar-refractivity contribution in [3.63, 3.8) is 0 Å². The molecule has 2 N–H and O–H groups in total. The van der Waals surface area contributed by atoms with Crippen LogP contribution in [0.5, 0.6) is 0 Å². The van der Waals surface area contributed by atoms with E-state index in [-0.39, 0.29) is 11.8 Å². The maximum absolute atomic E-state index is 12.1. The molecule has 2 amide bonds. The first kappa shape index (κ1) is 16.0. The maximum atomic E-state index is 12.1. The van der Waals surface area contributed by atoms with Crippen LogP contribution in [0.4, 0.5) is 11.4 Å². The number of rotatable bonds is 4. The topological polar surface area (TPSA) is 58.2 Å². The van der Waals surface area contributed by atoms with Gasteiger partial charge in [-0.3, -0.25) is 9.59 Å². The van der Waals surface area contributed by atoms with Gasteiger partial charge in [0.1, 0.15) is 0 Å². The van der Waals surface area contributed by atoms with E-state index in [9.17, 15) is 9.59 Å². The van der Waals surface area contributed by atoms with Gasteiger partial charge >= 0.3 is 0 Å². The summed E-state index contributed by atoms with van der Waals surface area (Å²) in [4.78, 5) is 24.1. The van der Waals surface area contributed by atoms with Crippen molar-refractivity contribution in [1.82, 2.24) is 0 Å². The van der Waals surface area contributed by atoms with Crippen LogP contribution in [0, 0.1) is 0 Å². The highest BCUT2D eigenvalue weighted by Crippen LogP contribution is 2.28. The average Bonchev–Trinajstić information content (AvgIpc) is 2.89. The number of amides is 2. The summed E-state index contributed by atoms with van der Waals surface area (Å²) < 4.78 is 0.878. The zero-order valence-electron chi connectivity index (χ0n) is 11.1. The molecule has 2 aromatic rings. The normalized spacial score (nSPS) is 10.2. The van der Waals surface area contributed by atoms with Gasteiger partial charge < -0.3 is 10.6 Å². The molecule has 1 aromatic carbocycles. The molecule has 0 aliphatic heterocycles. The van der Waals surface area contributed by atoms with Gasteiger partial charge in [0.25, 0.3) is 5.91 Å². The molecular formula is C14H12BrClN2O2S. The van der Waals surface area contributed by atoms with Gasteiger partial charge in [-0.25, -0.2) is 0 Å². The number of benzene rings is 1. The number of halogens is 2. The van der Waals surface area contributed by atoms with E-state index in [0.717, 1.165) is 3.79 Å². The summed E-state index contributed by atoms with van der Waals surface area (Å²) in [7, 11) is 0. The van der Waals surface area contributed by atoms with Crippen LogP contribution < -0.4 is 10.6 Å². The zero-order chi connectivity index (χ0) is 15.4. The Kier molecular flexibility index (Phi) is 5.39. The summed E-state index contributed by atoms with van der Waals surface area (Å²) in [5.74, 6) is -0.344. The number of hydrogen-bond acceptors (Lipinski definition) is 3. The minimum atomic E-state index is -0.244. The van der Waals surface area contributed by atoms with Crippen LogP contribution in [-0.4, -0.2) is 11.8 Å². The molecule has 1 heterocycles. The predicted molar refractivity (Wildman–Crippen MR) is 90.3 cm³/mol. The third kappa shape index (κ3) is 4.30. The number of thiophene rings is 1. The number of nitrogens with one attached hydrogen (secondary N) is 2. The third-order valence-electron chi connectivity index (χ3n) is 2.62. The Morgan fingerprint density at radius 2 is 2.00 bits per heavy atom. The van der Waals surface area contributed by atoms with Crippen molar-refractivity contribution >= 4 is 62.1 Å². The Hall–Kier alpha value is -1.37. The lowest BCUT2D eigenvalue weighted by atomic mass is 10.2. The molecule has 0 bridgehead atoms. The van der Waals surface area contributed by atoms with Gasteiger partial charge in [-0.1, -0.05) is 18.5 Å². The van der Waals surface area contributed by atoms with Crippen LogP contribution in [0.15, 0.2) is 34.1 Å². The molecule has 110 valence electrons. The molecular weight excluding hydrogens is 376 g/mol. The van der Waals surface area contributed by atoms with E-state index in [0.29, 0.717) is 27.7 Å². The molecule has 0 unspecified atom stereocenters. The molecule has 0 saturated heterocycles. The summed E-state index contributed by atoms with van der Waals surface area (Å²) in [5.41, 5.74) is 1.05. The van der Waals surface area contributed by atoms with Crippen molar-refractivity contribution in [3.8, 4) is 0 Å². The highest BCUT2D eigenvalue weighted by Gasteiger charge is 2.11. The molecule has 0 aliphatic carbocycles. The lowest BCUT2D eigenvalue weighted by molar-refractivity contribution is -0.115. The van der Waals surface area contributed by atoms with Crippen LogP contribution in [-0.2, 0) is 4.79 Å². The first-order chi connectivity index (χ1) is 9.99. The smallest absolute Gasteiger partial charge is 0.265 e. The average molecular weight is 388 g/mol. The van der Waals surface area contributed by atoms with Crippen LogP contribution in [0.1, 0.15) is 23.0 Å². The van der Waals surface area contributed by atoms with Crippen molar-refractivity contribution in [1.29, 1.82) is 0 Å². The van der Waals surface area contributed by atoms with Crippen molar-refractivity contribution in [2.45, 2.75) is 13.3 Å². The van der Waals surface area contributed by atoms with Crippen LogP contribution in [0.2, 0.25) is 5.02 Å². The SMILES string of the molecule is CCC(=O)Nc1ccc(Cl)c(NC(=O)c2ccc(Br)s2)c1. The summed E-state index contributed by atoms with van der Waals surface area (Å²) >= 11 is 10.7. The Morgan fingerprint density at radius 3 is 2.62 bits per heavy atom. The Bertz CT molecular complexity index is 687. The van der Waals surface area contributed by atoms with Gasteiger partial charge in [-0.15, -0.1) is 11.3 Å². The van der Waals surface area contributed by atoms with Gasteiger partial charge in [0.2, 0.25) is 5.91 Å². The summed E-state index contributed by atoms with van der Waals surface area (Å²) in [6.45, 7) is 1.77. The molecule has 0 atom stereocenters. The molecule has 0 spiro atoms. The molecule has 21 heavy (non-hydrogen) atoms. The second-order valence-corrected chi connectivity index (χ2v) is 7.02. The van der Waals surface area contributed by atoms with E-state index in [1.807, 2.05) is 0 Å². The van der Waals surface area contributed by atoms with E-state index >= 15 is 0 Å². The molecule has 4 nitrogen and oxygen atoms in total. The van der Waals surface area contributed by atoms with E-state index in [1.54, 1.807) is 37.3 Å². The first-order valence-corrected chi connectivity index (χ1v) is 8.14. The standard InChI is InChI=1S/C14H12BrClN2O2S/c1-2-13(19)17-8-3-4-9(16)10(7-8)18-14(20)11-5-6-12(15)21-11/h3-7H,2H2,1H3,(H,17,19)(H,18,20). The monoisotopic (exact) mass is 386 g/mol. The Balaban J connectivity index is 2.17. The lowest BCUT2D eigenvalue weighted by Crippen LogP contribution is -2.12. The maximum Gasteiger partial charge on any atom is 0.265 e. The number of anilines is 2. The van der Waals surface area contributed by atoms with E-state index < -0.39 is 0 Å². The largest absolute Gasteiger partial charge is 0.326 e. The predicted octanol–water partition coefficient (Wildman–Crippen LogP) is 4.76. The molecule has 2 rings (SSSR count). The fourth-order valence-electron chi connectivity index (χ4n) is 1.57. The van der Waals surface area contributed by atoms with Crippen molar-refractivity contribution < 1.29 is 9.59 Å². The van der Waals surface area contributed by atoms with Gasteiger partial charge in [0.05, 0.1) is 19.4 Å². The summed E-state index contributed by atoms with van der Waals surface area (Å²) in [6.07, 6.45) is 0.382. The quantitative estimate of drug-likeness (QED) is 0.794. The van der Waals surface area contributed by atoms with Crippen LogP contribution in [0.25, 0.3) is 0 Å². The second kappa shape index (κ2) is 7.06. The van der Waals surface area contributed by atoms with Crippen LogP contribution in [0.3, 0.4) is 0 Å². The number of carbonyl (C=O) groups is 2. The second-order valence-electron chi connectivity index (χ2n) is 4.15. The van der Waals surface area contributed by atoms with Crippen LogP contribution >= 0.6 is 38.9 Å². The minimum absolute atomic E-state index is 0.100. The van der Waals surface area contributed by atoms with Gasteiger partial charge in [0, 0.05) is 12.1 Å². The van der Waals surface area contributed by atoms with Crippen molar-refractivity contribution in [2.24, 2.45) is 0 Å². The molecule has 0 saturated carbocycles. The fraction of sp³-hybridized carbons (Fsp3) is 0.143. The molecule has 0 aliphatic rings. The van der Waals surface area contributed by atoms with Gasteiger partial charge in [0.15, 0.2) is 0 Å². The Morgan fingerprint density at radius 1 is 1.24 bits per heavy atom. The number of carbonyl (C=O) groups excluding carboxylic acids is 2. The van der Waals surface area contributed by atoms with Crippen molar-refractivity contribution in [2.75, 3.05) is 10.6 Å². The molecule has 0 radical (unpaired) electrons. The summed E-state index contributed by atoms with van der Waals surface area (Å²) in [6, 6.07) is 8.48. The van der Waals surface area contributed by atoms with Gasteiger partial charge in [-0.05, 0) is 46.3 Å². The number of hydrogen-bond donors (Lipinski definition) is 2. The first-order valence-electron chi connectivity index (χ1n) is 6.15. The highest BCUT2D eigenvalue weighted by molar-refractivity contribution is 9.11. The third-order valence-corrected chi connectivity index (χ3v) is 4.57. The Labute approximate surface area is 139 Å². The molecule has 7 heteroatoms. The van der Waals surface area contributed by atoms with E-state index in [1.165, 1.54) is 11.3 Å². The van der Waals surface area contributed by atoms with E-state index in [4.69, 9.17) is 11.6 Å². The highest BCUT2D eigenvalue weighted by atomic mass is 79.9.